The fourth-order valence-corrected chi connectivity index (χ4v) is 4.14. The van der Waals surface area contributed by atoms with Crippen LogP contribution in [0.4, 0.5) is 10.8 Å². The Morgan fingerprint density at radius 1 is 1.17 bits per heavy atom. The lowest BCUT2D eigenvalue weighted by molar-refractivity contribution is -0.384. The van der Waals surface area contributed by atoms with Gasteiger partial charge in [-0.3, -0.25) is 19.8 Å². The molecule has 0 saturated carbocycles. The molecule has 0 aliphatic rings. The van der Waals surface area contributed by atoms with E-state index in [1.807, 2.05) is 37.4 Å². The van der Waals surface area contributed by atoms with Crippen LogP contribution in [0.15, 0.2) is 47.4 Å². The molecule has 3 aromatic rings. The Hall–Kier alpha value is -2.20. The van der Waals surface area contributed by atoms with E-state index in [1.165, 1.54) is 35.6 Å². The number of nitro benzene ring substituents is 1. The number of aromatic nitrogens is 1. The van der Waals surface area contributed by atoms with Crippen LogP contribution < -0.4 is 4.90 Å². The van der Waals surface area contributed by atoms with Crippen LogP contribution >= 0.6 is 35.5 Å². The first-order chi connectivity index (χ1) is 13.4. The Labute approximate surface area is 183 Å². The number of carbonyl (C=O) groups is 1. The summed E-state index contributed by atoms with van der Waals surface area (Å²) in [5, 5.41) is 11.5. The number of benzene rings is 2. The predicted molar refractivity (Wildman–Crippen MR) is 122 cm³/mol. The average molecular weight is 453 g/mol. The zero-order valence-electron chi connectivity index (χ0n) is 16.2. The number of carbonyl (C=O) groups excluding carboxylic acids is 1. The lowest BCUT2D eigenvalue weighted by Crippen LogP contribution is -2.36. The molecule has 10 heteroatoms. The highest BCUT2D eigenvalue weighted by molar-refractivity contribution is 7.98. The number of thiazole rings is 1. The number of anilines is 1. The largest absolute Gasteiger partial charge is 0.308 e. The second-order valence-electron chi connectivity index (χ2n) is 6.39. The van der Waals surface area contributed by atoms with E-state index in [0.29, 0.717) is 23.8 Å². The second kappa shape index (κ2) is 10.0. The highest BCUT2D eigenvalue weighted by Crippen LogP contribution is 2.32. The van der Waals surface area contributed by atoms with Gasteiger partial charge in [-0.15, -0.1) is 24.2 Å². The Balaban J connectivity index is 0.00000300. The molecule has 0 unspecified atom stereocenters. The molecule has 3 rings (SSSR count). The molecule has 0 aliphatic carbocycles. The molecular formula is C19H21ClN4O3S2. The monoisotopic (exact) mass is 452 g/mol. The minimum atomic E-state index is -0.477. The van der Waals surface area contributed by atoms with Gasteiger partial charge in [-0.2, -0.15) is 0 Å². The topological polar surface area (TPSA) is 79.6 Å². The number of nitrogens with zero attached hydrogens (tertiary/aromatic N) is 4. The molecule has 154 valence electrons. The van der Waals surface area contributed by atoms with Crippen LogP contribution in [-0.4, -0.2) is 54.2 Å². The molecule has 1 amide bonds. The second-order valence-corrected chi connectivity index (χ2v) is 8.28. The summed E-state index contributed by atoms with van der Waals surface area (Å²) in [5.41, 5.74) is 1.21. The van der Waals surface area contributed by atoms with Gasteiger partial charge in [0.05, 0.1) is 15.1 Å². The number of hydrogen-bond donors (Lipinski definition) is 0. The molecule has 0 atom stereocenters. The van der Waals surface area contributed by atoms with E-state index in [4.69, 9.17) is 0 Å². The SMILES string of the molecule is CSc1ccc2nc(N(CCN(C)C)C(=O)c3ccc([N+](=O)[O-])cc3)sc2c1.Cl. The van der Waals surface area contributed by atoms with E-state index in [-0.39, 0.29) is 24.0 Å². The Bertz CT molecular complexity index is 1010. The van der Waals surface area contributed by atoms with Gasteiger partial charge in [-0.05, 0) is 50.7 Å². The number of likely N-dealkylation sites (N-methyl/N-ethyl adjacent to an activating group) is 1. The third-order valence-corrected chi connectivity index (χ3v) is 5.92. The number of thioether (sulfide) groups is 1. The van der Waals surface area contributed by atoms with Gasteiger partial charge < -0.3 is 4.90 Å². The summed E-state index contributed by atoms with van der Waals surface area (Å²) >= 11 is 3.13. The summed E-state index contributed by atoms with van der Waals surface area (Å²) in [6, 6.07) is 11.7. The molecule has 2 aromatic carbocycles. The van der Waals surface area contributed by atoms with Gasteiger partial charge in [-0.1, -0.05) is 11.3 Å². The van der Waals surface area contributed by atoms with Crippen molar-refractivity contribution in [1.29, 1.82) is 0 Å². The van der Waals surface area contributed by atoms with Crippen LogP contribution in [0.5, 0.6) is 0 Å². The van der Waals surface area contributed by atoms with Crippen molar-refractivity contribution < 1.29 is 9.72 Å². The molecular weight excluding hydrogens is 432 g/mol. The summed E-state index contributed by atoms with van der Waals surface area (Å²) < 4.78 is 1.02. The molecule has 1 aromatic heterocycles. The average Bonchev–Trinajstić information content (AvgIpc) is 3.10. The lowest BCUT2D eigenvalue weighted by Gasteiger charge is -2.22. The van der Waals surface area contributed by atoms with Crippen LogP contribution in [0.2, 0.25) is 0 Å². The predicted octanol–water partition coefficient (Wildman–Crippen LogP) is 4.56. The van der Waals surface area contributed by atoms with E-state index in [0.717, 1.165) is 15.1 Å². The van der Waals surface area contributed by atoms with Crippen molar-refractivity contribution in [3.05, 3.63) is 58.1 Å². The van der Waals surface area contributed by atoms with E-state index in [1.54, 1.807) is 16.7 Å². The van der Waals surface area contributed by atoms with Crippen molar-refractivity contribution in [2.45, 2.75) is 4.90 Å². The number of nitro groups is 1. The maximum absolute atomic E-state index is 13.1. The van der Waals surface area contributed by atoms with Crippen molar-refractivity contribution >= 4 is 62.4 Å². The summed E-state index contributed by atoms with van der Waals surface area (Å²) in [6.07, 6.45) is 2.02. The first-order valence-corrected chi connectivity index (χ1v) is 10.6. The number of hydrogen-bond acceptors (Lipinski definition) is 7. The normalized spacial score (nSPS) is 10.8. The highest BCUT2D eigenvalue weighted by Gasteiger charge is 2.22. The first kappa shape index (κ1) is 23.1. The first-order valence-electron chi connectivity index (χ1n) is 8.54. The lowest BCUT2D eigenvalue weighted by atomic mass is 10.2. The number of rotatable bonds is 7. The van der Waals surface area contributed by atoms with Crippen molar-refractivity contribution in [3.63, 3.8) is 0 Å². The molecule has 0 fully saturated rings. The van der Waals surface area contributed by atoms with E-state index in [9.17, 15) is 14.9 Å². The Morgan fingerprint density at radius 3 is 2.45 bits per heavy atom. The molecule has 29 heavy (non-hydrogen) atoms. The molecule has 0 N–H and O–H groups in total. The van der Waals surface area contributed by atoms with Gasteiger partial charge >= 0.3 is 0 Å². The van der Waals surface area contributed by atoms with Gasteiger partial charge in [0.1, 0.15) is 0 Å². The van der Waals surface area contributed by atoms with Crippen molar-refractivity contribution in [2.24, 2.45) is 0 Å². The minimum Gasteiger partial charge on any atom is -0.308 e. The third kappa shape index (κ3) is 5.45. The molecule has 0 radical (unpaired) electrons. The molecule has 1 heterocycles. The summed E-state index contributed by atoms with van der Waals surface area (Å²) in [4.78, 5) is 33.0. The summed E-state index contributed by atoms with van der Waals surface area (Å²) in [6.45, 7) is 1.14. The van der Waals surface area contributed by atoms with Gasteiger partial charge in [-0.25, -0.2) is 4.98 Å². The van der Waals surface area contributed by atoms with Gasteiger partial charge in [0.25, 0.3) is 11.6 Å². The maximum atomic E-state index is 13.1. The molecule has 0 aliphatic heterocycles. The van der Waals surface area contributed by atoms with Gasteiger partial charge in [0.15, 0.2) is 5.13 Å². The highest BCUT2D eigenvalue weighted by atomic mass is 35.5. The minimum absolute atomic E-state index is 0. The Morgan fingerprint density at radius 2 is 1.86 bits per heavy atom. The van der Waals surface area contributed by atoms with Crippen LogP contribution in [-0.2, 0) is 0 Å². The molecule has 0 bridgehead atoms. The maximum Gasteiger partial charge on any atom is 0.269 e. The van der Waals surface area contributed by atoms with Crippen LogP contribution in [0, 0.1) is 10.1 Å². The van der Waals surface area contributed by atoms with Crippen LogP contribution in [0.1, 0.15) is 10.4 Å². The van der Waals surface area contributed by atoms with Crippen LogP contribution in [0.3, 0.4) is 0 Å². The molecule has 7 nitrogen and oxygen atoms in total. The third-order valence-electron chi connectivity index (χ3n) is 4.16. The smallest absolute Gasteiger partial charge is 0.269 e. The summed E-state index contributed by atoms with van der Waals surface area (Å²) in [7, 11) is 3.88. The standard InChI is InChI=1S/C19H20N4O3S2.ClH/c1-21(2)10-11-22(18(24)13-4-6-14(7-5-13)23(25)26)19-20-16-9-8-15(27-3)12-17(16)28-19;/h4-9,12H,10-11H2,1-3H3;1H. The molecule has 0 saturated heterocycles. The quantitative estimate of drug-likeness (QED) is 0.297. The van der Waals surface area contributed by atoms with Gasteiger partial charge in [0.2, 0.25) is 0 Å². The zero-order valence-corrected chi connectivity index (χ0v) is 18.6. The molecule has 0 spiro atoms. The Kier molecular flexibility index (Phi) is 7.97. The van der Waals surface area contributed by atoms with Crippen molar-refractivity contribution in [3.8, 4) is 0 Å². The number of halogens is 1. The van der Waals surface area contributed by atoms with Crippen LogP contribution in [0.25, 0.3) is 10.2 Å². The number of amides is 1. The van der Waals surface area contributed by atoms with Gasteiger partial charge in [0, 0.05) is 35.7 Å². The van der Waals surface area contributed by atoms with E-state index < -0.39 is 4.92 Å². The van der Waals surface area contributed by atoms with E-state index >= 15 is 0 Å². The van der Waals surface area contributed by atoms with Crippen molar-refractivity contribution in [2.75, 3.05) is 38.3 Å². The zero-order chi connectivity index (χ0) is 20.3. The van der Waals surface area contributed by atoms with E-state index in [2.05, 4.69) is 11.1 Å². The number of non-ortho nitro benzene ring substituents is 1. The number of fused-ring (bicyclic) bond motifs is 1. The van der Waals surface area contributed by atoms with Crippen molar-refractivity contribution in [1.82, 2.24) is 9.88 Å². The fourth-order valence-electron chi connectivity index (χ4n) is 2.60. The fraction of sp³-hybridized carbons (Fsp3) is 0.263. The summed E-state index contributed by atoms with van der Waals surface area (Å²) in [5.74, 6) is -0.221.